The average molecular weight is 240 g/mol. The van der Waals surface area contributed by atoms with Crippen molar-refractivity contribution in [2.75, 3.05) is 6.54 Å². The second kappa shape index (κ2) is 6.51. The predicted molar refractivity (Wildman–Crippen MR) is 60.5 cm³/mol. The summed E-state index contributed by atoms with van der Waals surface area (Å²) in [6.45, 7) is 1.88. The summed E-state index contributed by atoms with van der Waals surface area (Å²) in [5, 5.41) is 13.4. The number of hydrogen-bond donors (Lipinski definition) is 4. The Hall–Kier alpha value is -2.05. The maximum Gasteiger partial charge on any atom is 0.325 e. The number of aromatic amines is 1. The maximum absolute atomic E-state index is 11.2. The molecule has 1 rings (SSSR count). The zero-order valence-electron chi connectivity index (χ0n) is 9.56. The molecule has 1 atom stereocenters. The van der Waals surface area contributed by atoms with Gasteiger partial charge in [0, 0.05) is 25.4 Å². The van der Waals surface area contributed by atoms with Crippen LogP contribution < -0.4 is 10.6 Å². The van der Waals surface area contributed by atoms with Crippen molar-refractivity contribution in [3.63, 3.8) is 0 Å². The van der Waals surface area contributed by atoms with Gasteiger partial charge >= 0.3 is 12.0 Å². The third-order valence-electron chi connectivity index (χ3n) is 2.15. The minimum Gasteiger partial charge on any atom is -0.480 e. The average Bonchev–Trinajstić information content (AvgIpc) is 2.77. The summed E-state index contributed by atoms with van der Waals surface area (Å²) in [7, 11) is 0. The van der Waals surface area contributed by atoms with E-state index in [2.05, 4.69) is 20.6 Å². The highest BCUT2D eigenvalue weighted by atomic mass is 16.4. The molecular weight excluding hydrogens is 224 g/mol. The largest absolute Gasteiger partial charge is 0.480 e. The number of carbonyl (C=O) groups excluding carboxylic acids is 1. The van der Waals surface area contributed by atoms with Gasteiger partial charge in [-0.25, -0.2) is 9.78 Å². The third kappa shape index (κ3) is 5.01. The number of carboxylic acid groups (broad SMARTS) is 1. The van der Waals surface area contributed by atoms with Crippen LogP contribution in [-0.4, -0.2) is 39.7 Å². The van der Waals surface area contributed by atoms with Crippen molar-refractivity contribution in [3.8, 4) is 0 Å². The van der Waals surface area contributed by atoms with Crippen LogP contribution in [0.1, 0.15) is 19.2 Å². The molecule has 1 aromatic heterocycles. The lowest BCUT2D eigenvalue weighted by molar-refractivity contribution is -0.138. The monoisotopic (exact) mass is 240 g/mol. The van der Waals surface area contributed by atoms with Crippen LogP contribution in [0.25, 0.3) is 0 Å². The minimum atomic E-state index is -1.06. The quantitative estimate of drug-likeness (QED) is 0.529. The molecule has 94 valence electrons. The molecule has 0 fully saturated rings. The van der Waals surface area contributed by atoms with Gasteiger partial charge in [-0.05, 0) is 13.3 Å². The van der Waals surface area contributed by atoms with Gasteiger partial charge < -0.3 is 20.7 Å². The summed E-state index contributed by atoms with van der Waals surface area (Å²) in [6.07, 6.45) is 4.89. The number of amides is 2. The molecule has 1 heterocycles. The van der Waals surface area contributed by atoms with E-state index in [9.17, 15) is 9.59 Å². The molecule has 0 unspecified atom stereocenters. The number of urea groups is 1. The maximum atomic E-state index is 11.2. The Morgan fingerprint density at radius 2 is 2.35 bits per heavy atom. The molecule has 0 aliphatic carbocycles. The van der Waals surface area contributed by atoms with Gasteiger partial charge in [-0.3, -0.25) is 4.79 Å². The van der Waals surface area contributed by atoms with Crippen LogP contribution in [0.15, 0.2) is 12.4 Å². The fraction of sp³-hybridized carbons (Fsp3) is 0.500. The zero-order chi connectivity index (χ0) is 12.7. The molecular formula is C10H16N4O3. The van der Waals surface area contributed by atoms with E-state index in [-0.39, 0.29) is 0 Å². The zero-order valence-corrected chi connectivity index (χ0v) is 9.56. The summed E-state index contributed by atoms with van der Waals surface area (Å²) in [6, 6.07) is -1.36. The molecule has 1 aromatic rings. The number of nitrogens with one attached hydrogen (secondary N) is 3. The number of rotatable bonds is 6. The van der Waals surface area contributed by atoms with Gasteiger partial charge in [0.25, 0.3) is 0 Å². The van der Waals surface area contributed by atoms with E-state index in [4.69, 9.17) is 5.11 Å². The van der Waals surface area contributed by atoms with Gasteiger partial charge in [-0.15, -0.1) is 0 Å². The van der Waals surface area contributed by atoms with E-state index in [1.54, 1.807) is 12.4 Å². The number of carbonyl (C=O) groups is 2. The van der Waals surface area contributed by atoms with Crippen LogP contribution in [0, 0.1) is 0 Å². The molecule has 0 saturated heterocycles. The molecule has 2 amide bonds. The van der Waals surface area contributed by atoms with Crippen molar-refractivity contribution in [2.45, 2.75) is 25.8 Å². The normalized spacial score (nSPS) is 11.8. The topological polar surface area (TPSA) is 107 Å². The number of aliphatic carboxylic acids is 1. The SMILES string of the molecule is C[C@@H](NC(=O)NCCCc1ncc[nH]1)C(=O)O. The smallest absolute Gasteiger partial charge is 0.325 e. The minimum absolute atomic E-state index is 0.471. The molecule has 0 aromatic carbocycles. The Morgan fingerprint density at radius 1 is 1.59 bits per heavy atom. The molecule has 4 N–H and O–H groups in total. The van der Waals surface area contributed by atoms with Crippen LogP contribution in [0.4, 0.5) is 4.79 Å². The van der Waals surface area contributed by atoms with Crippen molar-refractivity contribution in [1.29, 1.82) is 0 Å². The number of H-pyrrole nitrogens is 1. The van der Waals surface area contributed by atoms with Gasteiger partial charge in [-0.2, -0.15) is 0 Å². The van der Waals surface area contributed by atoms with Crippen molar-refractivity contribution < 1.29 is 14.7 Å². The number of aryl methyl sites for hydroxylation is 1. The van der Waals surface area contributed by atoms with Gasteiger partial charge in [0.2, 0.25) is 0 Å². The summed E-state index contributed by atoms with van der Waals surface area (Å²) in [5.74, 6) is -0.193. The Bertz CT molecular complexity index is 364. The van der Waals surface area contributed by atoms with Gasteiger partial charge in [0.05, 0.1) is 0 Å². The Balaban J connectivity index is 2.10. The highest BCUT2D eigenvalue weighted by Gasteiger charge is 2.12. The van der Waals surface area contributed by atoms with Gasteiger partial charge in [-0.1, -0.05) is 0 Å². The lowest BCUT2D eigenvalue weighted by Crippen LogP contribution is -2.44. The Kier molecular flexibility index (Phi) is 4.99. The molecule has 0 aliphatic rings. The lowest BCUT2D eigenvalue weighted by atomic mass is 10.3. The van der Waals surface area contributed by atoms with E-state index in [1.807, 2.05) is 0 Å². The lowest BCUT2D eigenvalue weighted by Gasteiger charge is -2.10. The summed E-state index contributed by atoms with van der Waals surface area (Å²) in [4.78, 5) is 28.7. The van der Waals surface area contributed by atoms with Gasteiger partial charge in [0.15, 0.2) is 0 Å². The molecule has 0 bridgehead atoms. The number of aromatic nitrogens is 2. The number of imidazole rings is 1. The van der Waals surface area contributed by atoms with Crippen molar-refractivity contribution in [2.24, 2.45) is 0 Å². The van der Waals surface area contributed by atoms with Crippen LogP contribution >= 0.6 is 0 Å². The second-order valence-electron chi connectivity index (χ2n) is 3.60. The van der Waals surface area contributed by atoms with Crippen molar-refractivity contribution >= 4 is 12.0 Å². The van der Waals surface area contributed by atoms with Crippen LogP contribution in [-0.2, 0) is 11.2 Å². The number of nitrogens with zero attached hydrogens (tertiary/aromatic N) is 1. The first-order valence-corrected chi connectivity index (χ1v) is 5.35. The molecule has 7 nitrogen and oxygen atoms in total. The van der Waals surface area contributed by atoms with Crippen molar-refractivity contribution in [3.05, 3.63) is 18.2 Å². The highest BCUT2D eigenvalue weighted by Crippen LogP contribution is 1.93. The van der Waals surface area contributed by atoms with Crippen LogP contribution in [0.2, 0.25) is 0 Å². The predicted octanol–water partition coefficient (Wildman–Crippen LogP) is 0.115. The fourth-order valence-electron chi connectivity index (χ4n) is 1.20. The van der Waals surface area contributed by atoms with Crippen LogP contribution in [0.3, 0.4) is 0 Å². The summed E-state index contributed by atoms with van der Waals surface area (Å²) in [5.41, 5.74) is 0. The van der Waals surface area contributed by atoms with Crippen molar-refractivity contribution in [1.82, 2.24) is 20.6 Å². The molecule has 0 saturated carbocycles. The second-order valence-corrected chi connectivity index (χ2v) is 3.60. The third-order valence-corrected chi connectivity index (χ3v) is 2.15. The highest BCUT2D eigenvalue weighted by molar-refractivity contribution is 5.82. The molecule has 0 spiro atoms. The fourth-order valence-corrected chi connectivity index (χ4v) is 1.20. The van der Waals surface area contributed by atoms with E-state index in [1.165, 1.54) is 6.92 Å². The first-order chi connectivity index (χ1) is 8.09. The summed E-state index contributed by atoms with van der Waals surface area (Å²) < 4.78 is 0. The first kappa shape index (κ1) is 13.0. The standard InChI is InChI=1S/C10H16N4O3/c1-7(9(15)16)14-10(17)13-4-2-3-8-11-5-6-12-8/h5-7H,2-4H2,1H3,(H,11,12)(H,15,16)(H2,13,14,17)/t7-/m1/s1. The molecule has 7 heteroatoms. The number of carboxylic acids is 1. The Labute approximate surface area is 98.6 Å². The molecule has 17 heavy (non-hydrogen) atoms. The first-order valence-electron chi connectivity index (χ1n) is 5.35. The van der Waals surface area contributed by atoms with E-state index in [0.29, 0.717) is 6.54 Å². The van der Waals surface area contributed by atoms with Crippen LogP contribution in [0.5, 0.6) is 0 Å². The number of hydrogen-bond acceptors (Lipinski definition) is 3. The molecule has 0 aliphatic heterocycles. The van der Waals surface area contributed by atoms with E-state index >= 15 is 0 Å². The van der Waals surface area contributed by atoms with E-state index < -0.39 is 18.0 Å². The Morgan fingerprint density at radius 3 is 2.94 bits per heavy atom. The summed E-state index contributed by atoms with van der Waals surface area (Å²) >= 11 is 0. The van der Waals surface area contributed by atoms with E-state index in [0.717, 1.165) is 18.7 Å². The molecule has 0 radical (unpaired) electrons. The van der Waals surface area contributed by atoms with Gasteiger partial charge in [0.1, 0.15) is 11.9 Å².